The Morgan fingerprint density at radius 2 is 1.75 bits per heavy atom. The van der Waals surface area contributed by atoms with E-state index in [0.29, 0.717) is 17.6 Å². The predicted octanol–water partition coefficient (Wildman–Crippen LogP) is 4.07. The third-order valence-electron chi connectivity index (χ3n) is 4.57. The van der Waals surface area contributed by atoms with E-state index in [2.05, 4.69) is 0 Å². The van der Waals surface area contributed by atoms with Crippen LogP contribution in [0.1, 0.15) is 60.9 Å². The van der Waals surface area contributed by atoms with Gasteiger partial charge < -0.3 is 4.90 Å². The molecule has 0 radical (unpaired) electrons. The molecule has 2 aliphatic carbocycles. The highest BCUT2D eigenvalue weighted by molar-refractivity contribution is 5.95. The molecule has 0 aliphatic heterocycles. The Bertz CT molecular complexity index is 504. The molecule has 0 bridgehead atoms. The normalized spacial score (nSPS) is 19.9. The van der Waals surface area contributed by atoms with Crippen LogP contribution < -0.4 is 0 Å². The van der Waals surface area contributed by atoms with E-state index in [4.69, 9.17) is 0 Å². The highest BCUT2D eigenvalue weighted by Gasteiger charge is 2.38. The number of rotatable bonds is 3. The molecule has 0 N–H and O–H groups in total. The number of carbonyl (C=O) groups excluding carboxylic acids is 1. The summed E-state index contributed by atoms with van der Waals surface area (Å²) in [5.41, 5.74) is 0.803. The molecule has 0 unspecified atom stereocenters. The third-order valence-corrected chi connectivity index (χ3v) is 4.57. The van der Waals surface area contributed by atoms with Gasteiger partial charge in [-0.3, -0.25) is 4.79 Å². The van der Waals surface area contributed by atoms with Crippen molar-refractivity contribution in [1.82, 2.24) is 4.90 Å². The van der Waals surface area contributed by atoms with Crippen molar-refractivity contribution in [3.8, 4) is 0 Å². The minimum absolute atomic E-state index is 0.0967. The average Bonchev–Trinajstić information content (AvgIpc) is 3.28. The van der Waals surface area contributed by atoms with Gasteiger partial charge in [0, 0.05) is 12.1 Å². The highest BCUT2D eigenvalue weighted by atomic mass is 19.1. The molecule has 1 aromatic carbocycles. The number of amides is 1. The molecular weight excluding hydrogens is 253 g/mol. The van der Waals surface area contributed by atoms with Crippen molar-refractivity contribution in [2.24, 2.45) is 0 Å². The molecule has 0 atom stereocenters. The maximum absolute atomic E-state index is 14.2. The minimum Gasteiger partial charge on any atom is -0.333 e. The lowest BCUT2D eigenvalue weighted by atomic mass is 9.93. The van der Waals surface area contributed by atoms with Crippen LogP contribution in [0.5, 0.6) is 0 Å². The second-order valence-corrected chi connectivity index (χ2v) is 6.17. The topological polar surface area (TPSA) is 20.3 Å². The van der Waals surface area contributed by atoms with Crippen LogP contribution in [0.4, 0.5) is 4.39 Å². The van der Waals surface area contributed by atoms with E-state index in [9.17, 15) is 9.18 Å². The molecule has 3 rings (SSSR count). The van der Waals surface area contributed by atoms with E-state index in [1.165, 1.54) is 19.3 Å². The zero-order valence-corrected chi connectivity index (χ0v) is 12.1. The lowest BCUT2D eigenvalue weighted by Crippen LogP contribution is -2.43. The quantitative estimate of drug-likeness (QED) is 0.814. The summed E-state index contributed by atoms with van der Waals surface area (Å²) in [7, 11) is 0. The van der Waals surface area contributed by atoms with Crippen molar-refractivity contribution < 1.29 is 9.18 Å². The smallest absolute Gasteiger partial charge is 0.257 e. The summed E-state index contributed by atoms with van der Waals surface area (Å²) in [6.45, 7) is 1.72. The summed E-state index contributed by atoms with van der Waals surface area (Å²) in [6.07, 6.45) is 7.97. The number of halogens is 1. The molecule has 0 spiro atoms. The Morgan fingerprint density at radius 3 is 2.40 bits per heavy atom. The number of benzene rings is 1. The lowest BCUT2D eigenvalue weighted by molar-refractivity contribution is 0.0609. The van der Waals surface area contributed by atoms with Crippen LogP contribution in [0, 0.1) is 12.7 Å². The van der Waals surface area contributed by atoms with Gasteiger partial charge in [-0.2, -0.15) is 0 Å². The number of aryl methyl sites for hydroxylation is 1. The minimum atomic E-state index is -0.348. The number of hydrogen-bond donors (Lipinski definition) is 0. The number of carbonyl (C=O) groups is 1. The summed E-state index contributed by atoms with van der Waals surface area (Å²) in [5.74, 6) is -0.445. The molecule has 1 amide bonds. The lowest BCUT2D eigenvalue weighted by Gasteiger charge is -2.35. The van der Waals surface area contributed by atoms with Crippen molar-refractivity contribution in [3.63, 3.8) is 0 Å². The molecule has 2 aliphatic rings. The monoisotopic (exact) mass is 275 g/mol. The SMILES string of the molecule is Cc1cccc(C(=O)N(C2CCCCC2)C2CC2)c1F. The van der Waals surface area contributed by atoms with E-state index >= 15 is 0 Å². The van der Waals surface area contributed by atoms with Crippen LogP contribution in [0.2, 0.25) is 0 Å². The first kappa shape index (κ1) is 13.6. The molecule has 2 fully saturated rings. The Kier molecular flexibility index (Phi) is 3.77. The van der Waals surface area contributed by atoms with E-state index in [1.807, 2.05) is 4.90 Å². The van der Waals surface area contributed by atoms with Gasteiger partial charge in [-0.1, -0.05) is 31.4 Å². The molecule has 0 saturated heterocycles. The largest absolute Gasteiger partial charge is 0.333 e. The van der Waals surface area contributed by atoms with Crippen molar-refractivity contribution in [1.29, 1.82) is 0 Å². The zero-order chi connectivity index (χ0) is 14.1. The summed E-state index contributed by atoms with van der Waals surface area (Å²) < 4.78 is 14.2. The average molecular weight is 275 g/mol. The number of hydrogen-bond acceptors (Lipinski definition) is 1. The Labute approximate surface area is 120 Å². The first-order chi connectivity index (χ1) is 9.68. The Morgan fingerprint density at radius 1 is 1.10 bits per heavy atom. The van der Waals surface area contributed by atoms with Crippen LogP contribution in [0.25, 0.3) is 0 Å². The summed E-state index contributed by atoms with van der Waals surface area (Å²) >= 11 is 0. The van der Waals surface area contributed by atoms with Crippen molar-refractivity contribution in [2.45, 2.75) is 64.0 Å². The van der Waals surface area contributed by atoms with Gasteiger partial charge in [0.05, 0.1) is 5.56 Å². The van der Waals surface area contributed by atoms with Crippen molar-refractivity contribution in [2.75, 3.05) is 0 Å². The van der Waals surface area contributed by atoms with Crippen LogP contribution in [0.3, 0.4) is 0 Å². The predicted molar refractivity (Wildman–Crippen MR) is 77.2 cm³/mol. The van der Waals surface area contributed by atoms with Gasteiger partial charge in [0.2, 0.25) is 0 Å². The standard InChI is InChI=1S/C17H22FNO/c1-12-6-5-9-15(16(12)18)17(20)19(14-10-11-14)13-7-3-2-4-8-13/h5-6,9,13-14H,2-4,7-8,10-11H2,1H3. The van der Waals surface area contributed by atoms with Crippen molar-refractivity contribution >= 4 is 5.91 Å². The molecule has 2 nitrogen and oxygen atoms in total. The molecule has 108 valence electrons. The molecule has 3 heteroatoms. The van der Waals surface area contributed by atoms with Gasteiger partial charge in [0.1, 0.15) is 5.82 Å². The van der Waals surface area contributed by atoms with Crippen LogP contribution in [0.15, 0.2) is 18.2 Å². The third kappa shape index (κ3) is 2.58. The summed E-state index contributed by atoms with van der Waals surface area (Å²) in [4.78, 5) is 14.8. The Hall–Kier alpha value is -1.38. The first-order valence-electron chi connectivity index (χ1n) is 7.76. The molecular formula is C17H22FNO. The van der Waals surface area contributed by atoms with E-state index in [-0.39, 0.29) is 17.3 Å². The van der Waals surface area contributed by atoms with Gasteiger partial charge in [-0.05, 0) is 44.2 Å². The van der Waals surface area contributed by atoms with E-state index in [1.54, 1.807) is 25.1 Å². The van der Waals surface area contributed by atoms with Gasteiger partial charge in [0.15, 0.2) is 0 Å². The molecule has 2 saturated carbocycles. The fourth-order valence-corrected chi connectivity index (χ4v) is 3.29. The van der Waals surface area contributed by atoms with Gasteiger partial charge in [-0.25, -0.2) is 4.39 Å². The highest BCUT2D eigenvalue weighted by Crippen LogP contribution is 2.35. The molecule has 0 heterocycles. The fourth-order valence-electron chi connectivity index (χ4n) is 3.29. The second kappa shape index (κ2) is 5.55. The summed E-state index contributed by atoms with van der Waals surface area (Å²) in [6, 6.07) is 5.79. The van der Waals surface area contributed by atoms with E-state index in [0.717, 1.165) is 25.7 Å². The van der Waals surface area contributed by atoms with Gasteiger partial charge >= 0.3 is 0 Å². The van der Waals surface area contributed by atoms with Crippen LogP contribution in [-0.4, -0.2) is 22.9 Å². The van der Waals surface area contributed by atoms with Gasteiger partial charge in [0.25, 0.3) is 5.91 Å². The van der Waals surface area contributed by atoms with Crippen LogP contribution >= 0.6 is 0 Å². The second-order valence-electron chi connectivity index (χ2n) is 6.17. The van der Waals surface area contributed by atoms with E-state index < -0.39 is 0 Å². The van der Waals surface area contributed by atoms with Crippen molar-refractivity contribution in [3.05, 3.63) is 35.1 Å². The summed E-state index contributed by atoms with van der Waals surface area (Å²) in [5, 5.41) is 0. The van der Waals surface area contributed by atoms with Crippen LogP contribution in [-0.2, 0) is 0 Å². The fraction of sp³-hybridized carbons (Fsp3) is 0.588. The number of nitrogens with zero attached hydrogens (tertiary/aromatic N) is 1. The van der Waals surface area contributed by atoms with Gasteiger partial charge in [-0.15, -0.1) is 0 Å². The zero-order valence-electron chi connectivity index (χ0n) is 12.1. The molecule has 0 aromatic heterocycles. The molecule has 1 aromatic rings. The first-order valence-corrected chi connectivity index (χ1v) is 7.76. The maximum atomic E-state index is 14.2. The molecule has 20 heavy (non-hydrogen) atoms. The maximum Gasteiger partial charge on any atom is 0.257 e. The Balaban J connectivity index is 1.87.